The van der Waals surface area contributed by atoms with Gasteiger partial charge in [-0.25, -0.2) is 0 Å². The second kappa shape index (κ2) is 25.6. The zero-order valence-corrected chi connectivity index (χ0v) is 36.6. The number of ether oxygens (including phenoxy) is 1. The zero-order chi connectivity index (χ0) is 39.9. The number of hydrogen-bond donors (Lipinski definition) is 6. The van der Waals surface area contributed by atoms with Crippen LogP contribution < -0.4 is 37.1 Å². The van der Waals surface area contributed by atoms with E-state index in [2.05, 4.69) is 130 Å². The second-order valence-electron chi connectivity index (χ2n) is 14.4. The number of rotatable bonds is 21. The number of allylic oxidation sites excluding steroid dienone is 1. The van der Waals surface area contributed by atoms with E-state index in [-0.39, 0.29) is 5.91 Å². The SMILES string of the molecule is C=C(Cc1ccccc1)NCCCCCC1NNC(Cc2ccccc2)[Se]1.CC(=O)Oc1ccccc1C(=O)NCCCCCC1NNC(Cc2ccccc2)[Se]1. The predicted molar refractivity (Wildman–Crippen MR) is 234 cm³/mol. The van der Waals surface area contributed by atoms with Crippen molar-refractivity contribution in [3.8, 4) is 5.75 Å². The fourth-order valence-electron chi connectivity index (χ4n) is 6.67. The Kier molecular flexibility index (Phi) is 19.9. The molecule has 2 fully saturated rings. The summed E-state index contributed by atoms with van der Waals surface area (Å²) < 4.78 is 5.10. The van der Waals surface area contributed by atoms with Crippen LogP contribution in [0, 0.1) is 0 Å². The van der Waals surface area contributed by atoms with E-state index in [4.69, 9.17) is 4.74 Å². The first-order valence-corrected chi connectivity index (χ1v) is 24.3. The second-order valence-corrected chi connectivity index (χ2v) is 20.3. The van der Waals surface area contributed by atoms with Crippen molar-refractivity contribution in [3.05, 3.63) is 150 Å². The molecule has 2 aliphatic rings. The van der Waals surface area contributed by atoms with E-state index in [1.165, 1.54) is 49.3 Å². The summed E-state index contributed by atoms with van der Waals surface area (Å²) in [6.07, 6.45) is 12.5. The number of carbonyl (C=O) groups excluding carboxylic acids is 2. The molecule has 304 valence electrons. The Hall–Kier alpha value is -3.76. The summed E-state index contributed by atoms with van der Waals surface area (Å²) >= 11 is 1.16. The van der Waals surface area contributed by atoms with Crippen molar-refractivity contribution in [3.63, 3.8) is 0 Å². The van der Waals surface area contributed by atoms with Crippen LogP contribution in [0.4, 0.5) is 0 Å². The van der Waals surface area contributed by atoms with Gasteiger partial charge in [0.25, 0.3) is 0 Å². The van der Waals surface area contributed by atoms with E-state index >= 15 is 0 Å². The van der Waals surface area contributed by atoms with Crippen molar-refractivity contribution < 1.29 is 14.3 Å². The van der Waals surface area contributed by atoms with Crippen molar-refractivity contribution in [2.75, 3.05) is 13.1 Å². The van der Waals surface area contributed by atoms with Crippen LogP contribution >= 0.6 is 0 Å². The van der Waals surface area contributed by atoms with Gasteiger partial charge in [-0.15, -0.1) is 0 Å². The maximum atomic E-state index is 12.4. The molecule has 6 rings (SSSR count). The molecule has 4 aromatic carbocycles. The summed E-state index contributed by atoms with van der Waals surface area (Å²) in [5, 5.41) is 6.40. The summed E-state index contributed by atoms with van der Waals surface area (Å²) in [5.74, 6) is -0.340. The van der Waals surface area contributed by atoms with Gasteiger partial charge >= 0.3 is 337 Å². The zero-order valence-electron chi connectivity index (χ0n) is 33.2. The monoisotopic (exact) mass is 904 g/mol. The number of hydrazine groups is 2. The van der Waals surface area contributed by atoms with Crippen molar-refractivity contribution >= 4 is 41.8 Å². The molecule has 9 nitrogen and oxygen atoms in total. The molecule has 0 bridgehead atoms. The molecule has 4 atom stereocenters. The Bertz CT molecular complexity index is 1770. The van der Waals surface area contributed by atoms with Gasteiger partial charge in [0.05, 0.1) is 0 Å². The fourth-order valence-corrected chi connectivity index (χ4v) is 12.0. The van der Waals surface area contributed by atoms with Crippen LogP contribution in [-0.4, -0.2) is 74.6 Å². The molecule has 4 aromatic rings. The van der Waals surface area contributed by atoms with Crippen molar-refractivity contribution in [2.24, 2.45) is 0 Å². The molecular weight excluding hydrogens is 842 g/mol. The molecule has 4 unspecified atom stereocenters. The van der Waals surface area contributed by atoms with Crippen LogP contribution in [0.15, 0.2) is 128 Å². The van der Waals surface area contributed by atoms with Gasteiger partial charge in [0.2, 0.25) is 0 Å². The van der Waals surface area contributed by atoms with Crippen LogP contribution in [0.2, 0.25) is 0 Å². The van der Waals surface area contributed by atoms with E-state index in [0.29, 0.717) is 67.5 Å². The van der Waals surface area contributed by atoms with E-state index in [1.54, 1.807) is 24.3 Å². The van der Waals surface area contributed by atoms with Crippen LogP contribution in [0.5, 0.6) is 5.75 Å². The van der Waals surface area contributed by atoms with Crippen molar-refractivity contribution in [1.82, 2.24) is 32.3 Å². The summed E-state index contributed by atoms with van der Waals surface area (Å²) in [4.78, 5) is 25.9. The molecule has 2 heterocycles. The van der Waals surface area contributed by atoms with Crippen LogP contribution in [0.25, 0.3) is 0 Å². The number of amides is 1. The first kappa shape index (κ1) is 44.3. The summed E-state index contributed by atoms with van der Waals surface area (Å²) in [6, 6.07) is 38.7. The first-order chi connectivity index (χ1) is 27.9. The average molecular weight is 903 g/mol. The first-order valence-electron chi connectivity index (χ1n) is 20.3. The molecule has 57 heavy (non-hydrogen) atoms. The molecule has 0 saturated carbocycles. The third-order valence-electron chi connectivity index (χ3n) is 9.59. The minimum atomic E-state index is -0.433. The quantitative estimate of drug-likeness (QED) is 0.0254. The molecule has 2 aliphatic heterocycles. The molecule has 0 radical (unpaired) electrons. The third kappa shape index (κ3) is 17.3. The Morgan fingerprint density at radius 2 is 1.04 bits per heavy atom. The molecule has 0 spiro atoms. The predicted octanol–water partition coefficient (Wildman–Crippen LogP) is 6.21. The summed E-state index contributed by atoms with van der Waals surface area (Å²) in [6.45, 7) is 7.12. The molecule has 0 aliphatic carbocycles. The summed E-state index contributed by atoms with van der Waals surface area (Å²) in [5.41, 5.74) is 19.5. The minimum absolute atomic E-state index is 0.208. The molecule has 6 N–H and O–H groups in total. The number of esters is 1. The van der Waals surface area contributed by atoms with E-state index in [0.717, 1.165) is 57.2 Å². The van der Waals surface area contributed by atoms with Gasteiger partial charge in [-0.2, -0.15) is 0 Å². The van der Waals surface area contributed by atoms with E-state index in [1.807, 2.05) is 0 Å². The number of benzene rings is 4. The van der Waals surface area contributed by atoms with Gasteiger partial charge in [0, 0.05) is 6.92 Å². The summed E-state index contributed by atoms with van der Waals surface area (Å²) in [7, 11) is 0. The van der Waals surface area contributed by atoms with Crippen LogP contribution in [0.1, 0.15) is 85.3 Å². The number of nitrogens with one attached hydrogen (secondary N) is 6. The molecule has 1 amide bonds. The van der Waals surface area contributed by atoms with Crippen molar-refractivity contribution in [1.29, 1.82) is 0 Å². The Labute approximate surface area is 352 Å². The molecule has 2 saturated heterocycles. The van der Waals surface area contributed by atoms with Crippen LogP contribution in [-0.2, 0) is 24.1 Å². The number of hydrogen-bond acceptors (Lipinski definition) is 8. The molecule has 11 heteroatoms. The molecule has 0 aromatic heterocycles. The van der Waals surface area contributed by atoms with Gasteiger partial charge in [-0.1, -0.05) is 6.07 Å². The Balaban J connectivity index is 0.000000219. The van der Waals surface area contributed by atoms with Gasteiger partial charge < -0.3 is 0 Å². The van der Waals surface area contributed by atoms with Gasteiger partial charge in [0.1, 0.15) is 0 Å². The van der Waals surface area contributed by atoms with Crippen molar-refractivity contribution in [2.45, 2.75) is 97.3 Å². The standard InChI is InChI=1S/C23H29N3O3Se.C23H31N3Se/c1-17(27)29-20-13-8-7-12-19(20)23(28)24-15-9-3-6-14-21-25-26-22(30-21)16-18-10-4-2-5-11-18;1-19(17-20-11-5-2-6-12-20)24-16-10-4-9-15-22-25-26-23(27-22)18-21-13-7-3-8-14-21/h2,4-5,7-8,10-13,21-22,25-26H,3,6,9,14-16H2,1H3,(H,24,28);2-3,5-8,11-14,22-26H,1,4,9-10,15-18H2. The fraction of sp³-hybridized carbons (Fsp3) is 0.391. The van der Waals surface area contributed by atoms with Gasteiger partial charge in [-0.3, -0.25) is 4.79 Å². The number of para-hydroxylation sites is 1. The normalized spacial score (nSPS) is 18.6. The Morgan fingerprint density at radius 1 is 0.579 bits per heavy atom. The average Bonchev–Trinajstić information content (AvgIpc) is 3.87. The third-order valence-corrected chi connectivity index (χ3v) is 15.0. The Morgan fingerprint density at radius 3 is 1.56 bits per heavy atom. The van der Waals surface area contributed by atoms with Gasteiger partial charge in [0.15, 0.2) is 0 Å². The van der Waals surface area contributed by atoms with E-state index in [9.17, 15) is 9.59 Å². The number of unbranched alkanes of at least 4 members (excludes halogenated alkanes) is 4. The van der Waals surface area contributed by atoms with E-state index < -0.39 is 5.97 Å². The maximum absolute atomic E-state index is 12.4. The van der Waals surface area contributed by atoms with Gasteiger partial charge in [-0.05, 0) is 0 Å². The van der Waals surface area contributed by atoms with Crippen LogP contribution in [0.3, 0.4) is 0 Å². The topological polar surface area (TPSA) is 116 Å². The molecular formula is C46H60N6O3Se2. The number of carbonyl (C=O) groups is 2.